The van der Waals surface area contributed by atoms with Crippen LogP contribution in [-0.4, -0.2) is 39.7 Å². The van der Waals surface area contributed by atoms with E-state index in [4.69, 9.17) is 5.26 Å². The van der Waals surface area contributed by atoms with Crippen LogP contribution in [0.3, 0.4) is 0 Å². The number of nitriles is 1. The molecule has 0 bridgehead atoms. The summed E-state index contributed by atoms with van der Waals surface area (Å²) >= 11 is 2.86. The standard InChI is InChI=1S/C18H20N4O2S2/c1-3-9-22-17(24)15-12-6-4-7-13(12)26-16(15)20-18(22)25-11-14(23)21(2)10-5-8-19/h3H,1,4-7,9-11H2,2H3. The molecular formula is C18H20N4O2S2. The number of thiophene rings is 1. The summed E-state index contributed by atoms with van der Waals surface area (Å²) < 4.78 is 1.61. The number of carbonyl (C=O) groups is 1. The highest BCUT2D eigenvalue weighted by Gasteiger charge is 2.23. The molecule has 0 N–H and O–H groups in total. The number of thioether (sulfide) groups is 1. The molecule has 0 saturated heterocycles. The molecule has 136 valence electrons. The number of aryl methyl sites for hydroxylation is 2. The molecule has 2 heterocycles. The lowest BCUT2D eigenvalue weighted by atomic mass is 10.2. The molecule has 0 fully saturated rings. The van der Waals surface area contributed by atoms with Gasteiger partial charge in [0.2, 0.25) is 5.91 Å². The molecule has 2 aromatic rings. The lowest BCUT2D eigenvalue weighted by Gasteiger charge is -2.16. The first-order valence-electron chi connectivity index (χ1n) is 8.46. The summed E-state index contributed by atoms with van der Waals surface area (Å²) in [7, 11) is 1.68. The van der Waals surface area contributed by atoms with E-state index in [-0.39, 0.29) is 17.2 Å². The molecule has 0 spiro atoms. The van der Waals surface area contributed by atoms with E-state index in [2.05, 4.69) is 11.6 Å². The zero-order valence-electron chi connectivity index (χ0n) is 14.7. The summed E-state index contributed by atoms with van der Waals surface area (Å²) in [5.74, 6) is 0.0979. The van der Waals surface area contributed by atoms with Gasteiger partial charge in [-0.2, -0.15) is 5.26 Å². The van der Waals surface area contributed by atoms with Crippen LogP contribution in [0.15, 0.2) is 22.6 Å². The van der Waals surface area contributed by atoms with Crippen molar-refractivity contribution in [2.75, 3.05) is 19.3 Å². The van der Waals surface area contributed by atoms with Crippen LogP contribution >= 0.6 is 23.1 Å². The van der Waals surface area contributed by atoms with Gasteiger partial charge in [-0.05, 0) is 24.8 Å². The van der Waals surface area contributed by atoms with Crippen molar-refractivity contribution in [3.8, 4) is 6.07 Å². The van der Waals surface area contributed by atoms with Crippen LogP contribution < -0.4 is 5.56 Å². The van der Waals surface area contributed by atoms with Crippen LogP contribution in [0.25, 0.3) is 10.2 Å². The Kier molecular flexibility index (Phi) is 5.79. The maximum Gasteiger partial charge on any atom is 0.263 e. The quantitative estimate of drug-likeness (QED) is 0.414. The predicted molar refractivity (Wildman–Crippen MR) is 105 cm³/mol. The number of aromatic nitrogens is 2. The molecule has 1 aliphatic carbocycles. The minimum Gasteiger partial charge on any atom is -0.344 e. The highest BCUT2D eigenvalue weighted by Crippen LogP contribution is 2.35. The van der Waals surface area contributed by atoms with Crippen molar-refractivity contribution in [3.05, 3.63) is 33.4 Å². The van der Waals surface area contributed by atoms with Gasteiger partial charge >= 0.3 is 0 Å². The van der Waals surface area contributed by atoms with Crippen molar-refractivity contribution in [1.82, 2.24) is 14.5 Å². The number of hydrogen-bond donors (Lipinski definition) is 0. The van der Waals surface area contributed by atoms with Gasteiger partial charge in [0, 0.05) is 25.0 Å². The first kappa shape index (κ1) is 18.7. The second-order valence-electron chi connectivity index (χ2n) is 6.15. The van der Waals surface area contributed by atoms with E-state index in [9.17, 15) is 9.59 Å². The fourth-order valence-corrected chi connectivity index (χ4v) is 5.29. The maximum absolute atomic E-state index is 13.0. The van der Waals surface area contributed by atoms with E-state index in [0.29, 0.717) is 24.7 Å². The third-order valence-electron chi connectivity index (χ3n) is 4.41. The average Bonchev–Trinajstić information content (AvgIpc) is 3.20. The Labute approximate surface area is 160 Å². The first-order valence-corrected chi connectivity index (χ1v) is 10.3. The predicted octanol–water partition coefficient (Wildman–Crippen LogP) is 2.60. The second-order valence-corrected chi connectivity index (χ2v) is 8.17. The molecule has 2 aromatic heterocycles. The largest absolute Gasteiger partial charge is 0.344 e. The van der Waals surface area contributed by atoms with Crippen molar-refractivity contribution < 1.29 is 4.79 Å². The van der Waals surface area contributed by atoms with Crippen LogP contribution in [0.1, 0.15) is 23.3 Å². The van der Waals surface area contributed by atoms with Gasteiger partial charge in [-0.3, -0.25) is 14.2 Å². The zero-order valence-corrected chi connectivity index (χ0v) is 16.3. The van der Waals surface area contributed by atoms with Gasteiger partial charge in [0.1, 0.15) is 4.83 Å². The summed E-state index contributed by atoms with van der Waals surface area (Å²) in [6, 6.07) is 2.03. The molecule has 0 radical (unpaired) electrons. The summed E-state index contributed by atoms with van der Waals surface area (Å²) in [6.45, 7) is 4.51. The van der Waals surface area contributed by atoms with Gasteiger partial charge in [0.25, 0.3) is 5.56 Å². The van der Waals surface area contributed by atoms with Crippen LogP contribution in [0, 0.1) is 11.3 Å². The van der Waals surface area contributed by atoms with Gasteiger partial charge in [0.15, 0.2) is 5.16 Å². The molecule has 0 unspecified atom stereocenters. The second kappa shape index (κ2) is 8.06. The lowest BCUT2D eigenvalue weighted by Crippen LogP contribution is -2.30. The Balaban J connectivity index is 1.89. The van der Waals surface area contributed by atoms with E-state index < -0.39 is 0 Å². The minimum atomic E-state index is -0.0848. The summed E-state index contributed by atoms with van der Waals surface area (Å²) in [4.78, 5) is 33.5. The number of allylic oxidation sites excluding steroid dienone is 1. The number of carbonyl (C=O) groups excluding carboxylic acids is 1. The van der Waals surface area contributed by atoms with Crippen molar-refractivity contribution in [2.24, 2.45) is 0 Å². The topological polar surface area (TPSA) is 79.0 Å². The van der Waals surface area contributed by atoms with Crippen molar-refractivity contribution in [3.63, 3.8) is 0 Å². The molecule has 26 heavy (non-hydrogen) atoms. The van der Waals surface area contributed by atoms with Crippen molar-refractivity contribution in [1.29, 1.82) is 5.26 Å². The Morgan fingerprint density at radius 1 is 1.54 bits per heavy atom. The molecule has 6 nitrogen and oxygen atoms in total. The fraction of sp³-hybridized carbons (Fsp3) is 0.444. The van der Waals surface area contributed by atoms with E-state index in [1.165, 1.54) is 21.5 Å². The molecular weight excluding hydrogens is 368 g/mol. The first-order chi connectivity index (χ1) is 12.6. The smallest absolute Gasteiger partial charge is 0.263 e. The zero-order chi connectivity index (χ0) is 18.7. The van der Waals surface area contributed by atoms with E-state index in [1.54, 1.807) is 29.0 Å². The Morgan fingerprint density at radius 3 is 3.08 bits per heavy atom. The minimum absolute atomic E-state index is 0.0397. The Morgan fingerprint density at radius 2 is 2.35 bits per heavy atom. The van der Waals surface area contributed by atoms with Crippen molar-refractivity contribution in [2.45, 2.75) is 37.4 Å². The number of amides is 1. The normalized spacial score (nSPS) is 12.8. The van der Waals surface area contributed by atoms with Gasteiger partial charge < -0.3 is 4.90 Å². The number of nitrogens with zero attached hydrogens (tertiary/aromatic N) is 4. The van der Waals surface area contributed by atoms with E-state index in [1.807, 2.05) is 6.07 Å². The molecule has 0 aliphatic heterocycles. The fourth-order valence-electron chi connectivity index (χ4n) is 3.04. The molecule has 0 aromatic carbocycles. The van der Waals surface area contributed by atoms with E-state index >= 15 is 0 Å². The molecule has 0 saturated carbocycles. The molecule has 1 amide bonds. The Hall–Kier alpha value is -2.11. The highest BCUT2D eigenvalue weighted by atomic mass is 32.2. The number of hydrogen-bond acceptors (Lipinski definition) is 6. The molecule has 1 aliphatic rings. The molecule has 3 rings (SSSR count). The molecule has 0 atom stereocenters. The van der Waals surface area contributed by atoms with Gasteiger partial charge in [-0.15, -0.1) is 17.9 Å². The third kappa shape index (κ3) is 3.55. The summed E-state index contributed by atoms with van der Waals surface area (Å²) in [5.41, 5.74) is 1.12. The van der Waals surface area contributed by atoms with Crippen LogP contribution in [0.2, 0.25) is 0 Å². The number of rotatable bonds is 7. The average molecular weight is 389 g/mol. The SMILES string of the molecule is C=CCn1c(SCC(=O)N(C)CCC#N)nc2sc3c(c2c1=O)CCC3. The van der Waals surface area contributed by atoms with Gasteiger partial charge in [0.05, 0.1) is 23.6 Å². The van der Waals surface area contributed by atoms with Gasteiger partial charge in [-0.25, -0.2) is 4.98 Å². The van der Waals surface area contributed by atoms with Gasteiger partial charge in [-0.1, -0.05) is 17.8 Å². The third-order valence-corrected chi connectivity index (χ3v) is 6.56. The maximum atomic E-state index is 13.0. The summed E-state index contributed by atoms with van der Waals surface area (Å²) in [5, 5.41) is 9.92. The van der Waals surface area contributed by atoms with E-state index in [0.717, 1.165) is 35.0 Å². The number of fused-ring (bicyclic) bond motifs is 3. The Bertz CT molecular complexity index is 955. The summed E-state index contributed by atoms with van der Waals surface area (Å²) in [6.07, 6.45) is 5.03. The highest BCUT2D eigenvalue weighted by molar-refractivity contribution is 7.99. The van der Waals surface area contributed by atoms with Crippen LogP contribution in [0.5, 0.6) is 0 Å². The monoisotopic (exact) mass is 388 g/mol. The molecule has 8 heteroatoms. The van der Waals surface area contributed by atoms with Crippen LogP contribution in [0.4, 0.5) is 0 Å². The van der Waals surface area contributed by atoms with Crippen LogP contribution in [-0.2, 0) is 24.2 Å². The van der Waals surface area contributed by atoms with Crippen molar-refractivity contribution >= 4 is 39.2 Å². The lowest BCUT2D eigenvalue weighted by molar-refractivity contribution is -0.127.